The Labute approximate surface area is 123 Å². The van der Waals surface area contributed by atoms with Crippen molar-refractivity contribution in [3.05, 3.63) is 0 Å². The summed E-state index contributed by atoms with van der Waals surface area (Å²) in [5, 5.41) is 0. The second-order valence-electron chi connectivity index (χ2n) is 5.33. The average Bonchev–Trinajstić information content (AvgIpc) is 2.62. The highest BCUT2D eigenvalue weighted by Gasteiger charge is 2.30. The summed E-state index contributed by atoms with van der Waals surface area (Å²) in [4.78, 5) is 16.1. The molecule has 0 aromatic rings. The molecule has 1 fully saturated rings. The molecule has 1 saturated heterocycles. The molecule has 2 N–H and O–H groups in total. The minimum Gasteiger partial charge on any atom is -0.343 e. The van der Waals surface area contributed by atoms with Crippen molar-refractivity contribution in [1.29, 1.82) is 0 Å². The smallest absolute Gasteiger partial charge is 0.241 e. The van der Waals surface area contributed by atoms with Crippen molar-refractivity contribution in [3.63, 3.8) is 0 Å². The van der Waals surface area contributed by atoms with Crippen LogP contribution in [0, 0.1) is 0 Å². The SMILES string of the molecule is CCN1CCCC1CN(C)C(=O)C(C)(C)N.Cl.Cl. The number of carbonyl (C=O) groups is 1. The molecule has 0 aromatic heterocycles. The maximum absolute atomic E-state index is 11.9. The van der Waals surface area contributed by atoms with E-state index in [1.54, 1.807) is 18.7 Å². The molecule has 110 valence electrons. The van der Waals surface area contributed by atoms with Crippen molar-refractivity contribution < 1.29 is 4.79 Å². The van der Waals surface area contributed by atoms with Crippen LogP contribution >= 0.6 is 24.8 Å². The van der Waals surface area contributed by atoms with Crippen molar-refractivity contribution in [2.75, 3.05) is 26.7 Å². The minimum absolute atomic E-state index is 0. The lowest BCUT2D eigenvalue weighted by molar-refractivity contribution is -0.135. The first kappa shape index (κ1) is 20.3. The Morgan fingerprint density at radius 1 is 1.44 bits per heavy atom. The number of carbonyl (C=O) groups excluding carboxylic acids is 1. The molecule has 1 atom stereocenters. The van der Waals surface area contributed by atoms with Gasteiger partial charge in [0.2, 0.25) is 5.91 Å². The first-order valence-corrected chi connectivity index (χ1v) is 6.14. The van der Waals surface area contributed by atoms with Crippen molar-refractivity contribution in [2.24, 2.45) is 5.73 Å². The molecule has 1 aliphatic rings. The van der Waals surface area contributed by atoms with E-state index in [-0.39, 0.29) is 30.7 Å². The van der Waals surface area contributed by atoms with Gasteiger partial charge in [0, 0.05) is 19.6 Å². The molecule has 1 heterocycles. The van der Waals surface area contributed by atoms with Gasteiger partial charge >= 0.3 is 0 Å². The van der Waals surface area contributed by atoms with Gasteiger partial charge in [0.25, 0.3) is 0 Å². The van der Waals surface area contributed by atoms with Crippen molar-refractivity contribution >= 4 is 30.7 Å². The van der Waals surface area contributed by atoms with E-state index < -0.39 is 5.54 Å². The van der Waals surface area contributed by atoms with E-state index in [1.807, 2.05) is 7.05 Å². The Morgan fingerprint density at radius 3 is 2.44 bits per heavy atom. The van der Waals surface area contributed by atoms with E-state index in [4.69, 9.17) is 5.73 Å². The standard InChI is InChI=1S/C12H25N3O.2ClH/c1-5-15-8-6-7-10(15)9-14(4)11(16)12(2,3)13;;/h10H,5-9,13H2,1-4H3;2*1H. The van der Waals surface area contributed by atoms with E-state index in [0.29, 0.717) is 6.04 Å². The number of amides is 1. The Kier molecular flexibility index (Phi) is 9.25. The molecule has 0 radical (unpaired) electrons. The highest BCUT2D eigenvalue weighted by Crippen LogP contribution is 2.18. The molecular weight excluding hydrogens is 273 g/mol. The number of rotatable bonds is 4. The van der Waals surface area contributed by atoms with Crippen LogP contribution < -0.4 is 5.73 Å². The zero-order chi connectivity index (χ0) is 12.3. The van der Waals surface area contributed by atoms with E-state index in [9.17, 15) is 4.79 Å². The van der Waals surface area contributed by atoms with Crippen LogP contribution in [0.1, 0.15) is 33.6 Å². The lowest BCUT2D eigenvalue weighted by Crippen LogP contribution is -2.52. The zero-order valence-electron chi connectivity index (χ0n) is 11.8. The predicted octanol–water partition coefficient (Wildman–Crippen LogP) is 1.51. The summed E-state index contributed by atoms with van der Waals surface area (Å²) < 4.78 is 0. The van der Waals surface area contributed by atoms with Crippen LogP contribution in [0.15, 0.2) is 0 Å². The third kappa shape index (κ3) is 5.31. The number of likely N-dealkylation sites (N-methyl/N-ethyl adjacent to an activating group) is 2. The summed E-state index contributed by atoms with van der Waals surface area (Å²) in [5.41, 5.74) is 5.06. The number of hydrogen-bond acceptors (Lipinski definition) is 3. The minimum atomic E-state index is -0.760. The molecule has 1 aliphatic heterocycles. The monoisotopic (exact) mass is 299 g/mol. The van der Waals surface area contributed by atoms with E-state index in [0.717, 1.165) is 19.6 Å². The number of likely N-dealkylation sites (tertiary alicyclic amines) is 1. The van der Waals surface area contributed by atoms with Crippen LogP contribution in [0.3, 0.4) is 0 Å². The topological polar surface area (TPSA) is 49.6 Å². The largest absolute Gasteiger partial charge is 0.343 e. The van der Waals surface area contributed by atoms with Gasteiger partial charge in [-0.25, -0.2) is 0 Å². The van der Waals surface area contributed by atoms with Crippen LogP contribution in [0.25, 0.3) is 0 Å². The number of hydrogen-bond donors (Lipinski definition) is 1. The molecular formula is C12H27Cl2N3O. The lowest BCUT2D eigenvalue weighted by Gasteiger charge is -2.31. The summed E-state index contributed by atoms with van der Waals surface area (Å²) >= 11 is 0. The van der Waals surface area contributed by atoms with Crippen LogP contribution in [0.5, 0.6) is 0 Å². The molecule has 0 aliphatic carbocycles. The molecule has 1 amide bonds. The highest BCUT2D eigenvalue weighted by atomic mass is 35.5. The lowest BCUT2D eigenvalue weighted by atomic mass is 10.1. The normalized spacial score (nSPS) is 19.9. The van der Waals surface area contributed by atoms with Gasteiger partial charge in [0.05, 0.1) is 5.54 Å². The van der Waals surface area contributed by atoms with E-state index in [2.05, 4.69) is 11.8 Å². The van der Waals surface area contributed by atoms with E-state index in [1.165, 1.54) is 12.8 Å². The van der Waals surface area contributed by atoms with Gasteiger partial charge in [-0.2, -0.15) is 0 Å². The maximum Gasteiger partial charge on any atom is 0.241 e. The Bertz CT molecular complexity index is 256. The van der Waals surface area contributed by atoms with Gasteiger partial charge in [-0.15, -0.1) is 24.8 Å². The van der Waals surface area contributed by atoms with Crippen LogP contribution in [-0.2, 0) is 4.79 Å². The maximum atomic E-state index is 11.9. The van der Waals surface area contributed by atoms with Crippen LogP contribution in [-0.4, -0.2) is 54.0 Å². The molecule has 0 aromatic carbocycles. The third-order valence-electron chi connectivity index (χ3n) is 3.29. The second kappa shape index (κ2) is 8.20. The first-order valence-electron chi connectivity index (χ1n) is 6.14. The van der Waals surface area contributed by atoms with Gasteiger partial charge in [0.1, 0.15) is 0 Å². The Balaban J connectivity index is 0. The molecule has 0 spiro atoms. The van der Waals surface area contributed by atoms with E-state index >= 15 is 0 Å². The molecule has 4 nitrogen and oxygen atoms in total. The fraction of sp³-hybridized carbons (Fsp3) is 0.917. The molecule has 1 unspecified atom stereocenters. The summed E-state index contributed by atoms with van der Waals surface area (Å²) in [6.07, 6.45) is 2.43. The number of nitrogens with zero attached hydrogens (tertiary/aromatic N) is 2. The Hall–Kier alpha value is -0.0300. The quantitative estimate of drug-likeness (QED) is 0.856. The number of nitrogens with two attached hydrogens (primary N) is 1. The summed E-state index contributed by atoms with van der Waals surface area (Å²) in [7, 11) is 1.85. The van der Waals surface area contributed by atoms with Crippen molar-refractivity contribution in [3.8, 4) is 0 Å². The predicted molar refractivity (Wildman–Crippen MR) is 80.7 cm³/mol. The summed E-state index contributed by atoms with van der Waals surface area (Å²) in [6.45, 7) is 8.73. The fourth-order valence-electron chi connectivity index (χ4n) is 2.41. The molecule has 0 bridgehead atoms. The van der Waals surface area contributed by atoms with Gasteiger partial charge in [-0.3, -0.25) is 9.69 Å². The van der Waals surface area contributed by atoms with Gasteiger partial charge in [-0.1, -0.05) is 6.92 Å². The van der Waals surface area contributed by atoms with Crippen molar-refractivity contribution in [2.45, 2.75) is 45.2 Å². The first-order chi connectivity index (χ1) is 7.36. The highest BCUT2D eigenvalue weighted by molar-refractivity contribution is 5.85. The van der Waals surface area contributed by atoms with Gasteiger partial charge in [0.15, 0.2) is 0 Å². The molecule has 18 heavy (non-hydrogen) atoms. The Morgan fingerprint density at radius 2 is 2.00 bits per heavy atom. The third-order valence-corrected chi connectivity index (χ3v) is 3.29. The van der Waals surface area contributed by atoms with Gasteiger partial charge < -0.3 is 10.6 Å². The molecule has 0 saturated carbocycles. The van der Waals surface area contributed by atoms with Crippen LogP contribution in [0.4, 0.5) is 0 Å². The van der Waals surface area contributed by atoms with Crippen molar-refractivity contribution in [1.82, 2.24) is 9.80 Å². The average molecular weight is 300 g/mol. The summed E-state index contributed by atoms with van der Waals surface area (Å²) in [6, 6.07) is 0.515. The summed E-state index contributed by atoms with van der Waals surface area (Å²) in [5.74, 6) is 0.0236. The number of halogens is 2. The van der Waals surface area contributed by atoms with Crippen LogP contribution in [0.2, 0.25) is 0 Å². The zero-order valence-corrected chi connectivity index (χ0v) is 13.4. The second-order valence-corrected chi connectivity index (χ2v) is 5.33. The fourth-order valence-corrected chi connectivity index (χ4v) is 2.41. The molecule has 6 heteroatoms. The molecule has 1 rings (SSSR count). The van der Waals surface area contributed by atoms with Gasteiger partial charge in [-0.05, 0) is 39.8 Å².